The predicted octanol–water partition coefficient (Wildman–Crippen LogP) is 1.17. The van der Waals surface area contributed by atoms with Crippen molar-refractivity contribution in [2.45, 2.75) is 0 Å². The van der Waals surface area contributed by atoms with Gasteiger partial charge in [0.25, 0.3) is 0 Å². The van der Waals surface area contributed by atoms with Gasteiger partial charge in [0, 0.05) is 0 Å². The maximum absolute atomic E-state index is 13.0. The summed E-state index contributed by atoms with van der Waals surface area (Å²) in [5, 5.41) is 8.27. The summed E-state index contributed by atoms with van der Waals surface area (Å²) in [6.07, 6.45) is 0. The van der Waals surface area contributed by atoms with Crippen molar-refractivity contribution in [2.75, 3.05) is 12.3 Å². The number of nitrogen functional groups attached to an aromatic ring is 1. The summed E-state index contributed by atoms with van der Waals surface area (Å²) in [5.74, 6) is -3.12. The molecular weight excluding hydrogens is 214 g/mol. The Bertz CT molecular complexity index is 432. The molecule has 0 saturated heterocycles. The van der Waals surface area contributed by atoms with Crippen LogP contribution in [0.4, 0.5) is 23.2 Å². The number of aliphatic hydroxyl groups is 1. The summed E-state index contributed by atoms with van der Waals surface area (Å²) in [7, 11) is 0. The van der Waals surface area contributed by atoms with E-state index in [1.165, 1.54) is 0 Å². The van der Waals surface area contributed by atoms with Gasteiger partial charge in [0.05, 0.1) is 0 Å². The summed E-state index contributed by atoms with van der Waals surface area (Å²) in [6.45, 7) is -0.688. The zero-order valence-electron chi connectivity index (χ0n) is 7.24. The molecule has 0 spiro atoms. The third-order valence-corrected chi connectivity index (χ3v) is 1.59. The Labute approximate surface area is 82.3 Å². The Balaban J connectivity index is 3.52. The number of hydrogen-bond acceptors (Lipinski definition) is 2. The molecular formula is C9H5F4NO. The highest BCUT2D eigenvalue weighted by molar-refractivity contribution is 5.50. The number of hydrogen-bond donors (Lipinski definition) is 2. The first kappa shape index (κ1) is 11.3. The van der Waals surface area contributed by atoms with Gasteiger partial charge in [-0.15, -0.1) is 0 Å². The van der Waals surface area contributed by atoms with Crippen molar-refractivity contribution < 1.29 is 22.7 Å². The highest BCUT2D eigenvalue weighted by Crippen LogP contribution is 2.24. The molecule has 1 aromatic carbocycles. The van der Waals surface area contributed by atoms with Gasteiger partial charge >= 0.3 is 0 Å². The standard InChI is InChI=1S/C9H5F4NO/c10-5-4(2-1-3-15)6(11)8(13)9(14)7(5)12/h15H,3,14H2. The summed E-state index contributed by atoms with van der Waals surface area (Å²) >= 11 is 0. The van der Waals surface area contributed by atoms with E-state index < -0.39 is 41.1 Å². The zero-order chi connectivity index (χ0) is 11.6. The van der Waals surface area contributed by atoms with Crippen LogP contribution in [0.1, 0.15) is 5.56 Å². The Kier molecular flexibility index (Phi) is 3.17. The van der Waals surface area contributed by atoms with Gasteiger partial charge < -0.3 is 10.8 Å². The third-order valence-electron chi connectivity index (χ3n) is 1.59. The van der Waals surface area contributed by atoms with E-state index in [9.17, 15) is 17.6 Å². The van der Waals surface area contributed by atoms with Gasteiger partial charge in [0.2, 0.25) is 0 Å². The second kappa shape index (κ2) is 4.19. The van der Waals surface area contributed by atoms with E-state index in [-0.39, 0.29) is 0 Å². The largest absolute Gasteiger partial charge is 0.394 e. The molecule has 80 valence electrons. The third kappa shape index (κ3) is 1.87. The smallest absolute Gasteiger partial charge is 0.186 e. The molecule has 0 heterocycles. The minimum atomic E-state index is -1.70. The molecule has 0 atom stereocenters. The van der Waals surface area contributed by atoms with E-state index in [1.54, 1.807) is 5.92 Å². The zero-order valence-corrected chi connectivity index (χ0v) is 7.24. The number of rotatable bonds is 0. The Hall–Kier alpha value is -1.74. The monoisotopic (exact) mass is 219 g/mol. The Morgan fingerprint density at radius 3 is 1.87 bits per heavy atom. The van der Waals surface area contributed by atoms with Gasteiger partial charge in [-0.2, -0.15) is 0 Å². The molecule has 6 heteroatoms. The van der Waals surface area contributed by atoms with Crippen molar-refractivity contribution in [3.05, 3.63) is 28.8 Å². The lowest BCUT2D eigenvalue weighted by Crippen LogP contribution is -2.06. The minimum Gasteiger partial charge on any atom is -0.394 e. The molecule has 1 rings (SSSR count). The van der Waals surface area contributed by atoms with Gasteiger partial charge in [-0.3, -0.25) is 0 Å². The molecule has 3 N–H and O–H groups in total. The molecule has 0 radical (unpaired) electrons. The second-order valence-corrected chi connectivity index (χ2v) is 2.50. The van der Waals surface area contributed by atoms with Crippen molar-refractivity contribution in [1.82, 2.24) is 0 Å². The van der Waals surface area contributed by atoms with E-state index in [2.05, 4.69) is 0 Å². The van der Waals surface area contributed by atoms with Crippen LogP contribution in [-0.2, 0) is 0 Å². The van der Waals surface area contributed by atoms with Crippen molar-refractivity contribution in [3.8, 4) is 11.8 Å². The fourth-order valence-electron chi connectivity index (χ4n) is 0.886. The molecule has 0 aromatic heterocycles. The minimum absolute atomic E-state index is 0.688. The molecule has 0 aliphatic heterocycles. The molecule has 0 saturated carbocycles. The summed E-state index contributed by atoms with van der Waals surface area (Å²) in [4.78, 5) is 0. The van der Waals surface area contributed by atoms with Crippen molar-refractivity contribution in [2.24, 2.45) is 0 Å². The number of aliphatic hydroxyl groups excluding tert-OH is 1. The Morgan fingerprint density at radius 1 is 1.00 bits per heavy atom. The van der Waals surface area contributed by atoms with E-state index in [0.29, 0.717) is 0 Å². The van der Waals surface area contributed by atoms with Gasteiger partial charge in [-0.1, -0.05) is 11.8 Å². The van der Waals surface area contributed by atoms with Crippen molar-refractivity contribution in [3.63, 3.8) is 0 Å². The van der Waals surface area contributed by atoms with Crippen LogP contribution in [-0.4, -0.2) is 11.7 Å². The number of halogens is 4. The average Bonchev–Trinajstić information content (AvgIpc) is 2.24. The normalized spacial score (nSPS) is 9.67. The fraction of sp³-hybridized carbons (Fsp3) is 0.111. The highest BCUT2D eigenvalue weighted by Gasteiger charge is 2.22. The molecule has 2 nitrogen and oxygen atoms in total. The quantitative estimate of drug-likeness (QED) is 0.298. The van der Waals surface area contributed by atoms with Crippen LogP contribution >= 0.6 is 0 Å². The summed E-state index contributed by atoms with van der Waals surface area (Å²) < 4.78 is 51.6. The van der Waals surface area contributed by atoms with Crippen molar-refractivity contribution >= 4 is 5.69 Å². The SMILES string of the molecule is Nc1c(F)c(F)c(C#CCO)c(F)c1F. The molecule has 1 aromatic rings. The first-order valence-corrected chi connectivity index (χ1v) is 3.71. The van der Waals surface area contributed by atoms with E-state index in [1.807, 2.05) is 5.92 Å². The van der Waals surface area contributed by atoms with Gasteiger partial charge in [-0.05, 0) is 0 Å². The average molecular weight is 219 g/mol. The molecule has 0 unspecified atom stereocenters. The van der Waals surface area contributed by atoms with Crippen molar-refractivity contribution in [1.29, 1.82) is 0 Å². The molecule has 15 heavy (non-hydrogen) atoms. The maximum atomic E-state index is 13.0. The van der Waals surface area contributed by atoms with Crippen LogP contribution < -0.4 is 5.73 Å². The highest BCUT2D eigenvalue weighted by atomic mass is 19.2. The molecule has 0 aliphatic carbocycles. The summed E-state index contributed by atoms with van der Waals surface area (Å²) in [6, 6.07) is 0. The van der Waals surface area contributed by atoms with Crippen LogP contribution in [0.3, 0.4) is 0 Å². The lowest BCUT2D eigenvalue weighted by Gasteiger charge is -2.04. The fourth-order valence-corrected chi connectivity index (χ4v) is 0.886. The van der Waals surface area contributed by atoms with Gasteiger partial charge in [0.1, 0.15) is 17.9 Å². The van der Waals surface area contributed by atoms with E-state index in [4.69, 9.17) is 10.8 Å². The predicted molar refractivity (Wildman–Crippen MR) is 44.7 cm³/mol. The lowest BCUT2D eigenvalue weighted by molar-refractivity contribution is 0.350. The Morgan fingerprint density at radius 2 is 1.47 bits per heavy atom. The van der Waals surface area contributed by atoms with E-state index in [0.717, 1.165) is 0 Å². The van der Waals surface area contributed by atoms with Crippen LogP contribution in [0.5, 0.6) is 0 Å². The number of nitrogens with two attached hydrogens (primary N) is 1. The first-order chi connectivity index (χ1) is 7.00. The summed E-state index contributed by atoms with van der Waals surface area (Å²) in [5.41, 5.74) is 2.43. The van der Waals surface area contributed by atoms with Crippen LogP contribution in [0.25, 0.3) is 0 Å². The number of anilines is 1. The topological polar surface area (TPSA) is 46.2 Å². The lowest BCUT2D eigenvalue weighted by atomic mass is 10.1. The maximum Gasteiger partial charge on any atom is 0.186 e. The van der Waals surface area contributed by atoms with E-state index >= 15 is 0 Å². The molecule has 0 bridgehead atoms. The number of benzene rings is 1. The van der Waals surface area contributed by atoms with Crippen LogP contribution in [0, 0.1) is 35.1 Å². The first-order valence-electron chi connectivity index (χ1n) is 3.71. The molecule has 0 amide bonds. The van der Waals surface area contributed by atoms with Gasteiger partial charge in [0.15, 0.2) is 23.3 Å². The second-order valence-electron chi connectivity index (χ2n) is 2.50. The van der Waals surface area contributed by atoms with Gasteiger partial charge in [-0.25, -0.2) is 17.6 Å². The van der Waals surface area contributed by atoms with Crippen LogP contribution in [0.15, 0.2) is 0 Å². The molecule has 0 aliphatic rings. The molecule has 0 fully saturated rings. The van der Waals surface area contributed by atoms with Crippen LogP contribution in [0.2, 0.25) is 0 Å².